The number of carbonyl (C=O) groups is 1. The van der Waals surface area contributed by atoms with Crippen molar-refractivity contribution in [2.24, 2.45) is 0 Å². The van der Waals surface area contributed by atoms with Gasteiger partial charge in [-0.2, -0.15) is 11.8 Å². The maximum absolute atomic E-state index is 11.4. The predicted molar refractivity (Wildman–Crippen MR) is 72.3 cm³/mol. The molecule has 0 heterocycles. The predicted octanol–water partition coefficient (Wildman–Crippen LogP) is 0.749. The Morgan fingerprint density at radius 2 is 2.29 bits per heavy atom. The van der Waals surface area contributed by atoms with E-state index in [-0.39, 0.29) is 12.5 Å². The van der Waals surface area contributed by atoms with Crippen molar-refractivity contribution in [1.29, 1.82) is 0 Å². The average molecular weight is 260 g/mol. The molecule has 5 heteroatoms. The number of carbonyl (C=O) groups excluding carboxylic acids is 1. The molecule has 1 unspecified atom stereocenters. The lowest BCUT2D eigenvalue weighted by molar-refractivity contribution is -0.118. The number of aliphatic hydroxyl groups is 1. The highest BCUT2D eigenvalue weighted by molar-refractivity contribution is 7.99. The second kappa shape index (κ2) is 8.78. The monoisotopic (exact) mass is 260 g/mol. The third kappa shape index (κ3) is 7.63. The second-order valence-electron chi connectivity index (χ2n) is 4.52. The lowest BCUT2D eigenvalue weighted by Crippen LogP contribution is -2.34. The molecule has 0 aromatic heterocycles. The smallest absolute Gasteiger partial charge is 0.230 e. The Hall–Kier alpha value is -0.260. The van der Waals surface area contributed by atoms with Crippen molar-refractivity contribution in [3.05, 3.63) is 0 Å². The molecule has 1 saturated carbocycles. The Labute approximate surface area is 108 Å². The number of amides is 1. The second-order valence-corrected chi connectivity index (χ2v) is 5.55. The normalized spacial score (nSPS) is 16.8. The number of thioether (sulfide) groups is 1. The minimum Gasteiger partial charge on any atom is -0.396 e. The molecule has 0 aromatic carbocycles. The van der Waals surface area contributed by atoms with Crippen molar-refractivity contribution < 1.29 is 9.90 Å². The molecule has 4 nitrogen and oxygen atoms in total. The lowest BCUT2D eigenvalue weighted by Gasteiger charge is -2.16. The zero-order chi connectivity index (χ0) is 12.5. The van der Waals surface area contributed by atoms with E-state index in [9.17, 15) is 4.79 Å². The van der Waals surface area contributed by atoms with Gasteiger partial charge in [-0.3, -0.25) is 4.79 Å². The van der Waals surface area contributed by atoms with Gasteiger partial charge in [-0.25, -0.2) is 0 Å². The van der Waals surface area contributed by atoms with Gasteiger partial charge in [-0.05, 0) is 32.2 Å². The summed E-state index contributed by atoms with van der Waals surface area (Å²) in [7, 11) is 0. The number of rotatable bonds is 10. The van der Waals surface area contributed by atoms with Crippen LogP contribution in [-0.2, 0) is 4.79 Å². The Kier molecular flexibility index (Phi) is 7.64. The molecule has 1 amide bonds. The first-order valence-electron chi connectivity index (χ1n) is 6.47. The van der Waals surface area contributed by atoms with Crippen LogP contribution < -0.4 is 10.6 Å². The Morgan fingerprint density at radius 3 is 2.88 bits per heavy atom. The lowest BCUT2D eigenvalue weighted by atomic mass is 10.2. The van der Waals surface area contributed by atoms with Crippen molar-refractivity contribution >= 4 is 17.7 Å². The summed E-state index contributed by atoms with van der Waals surface area (Å²) >= 11 is 1.64. The molecule has 1 aliphatic rings. The molecular weight excluding hydrogens is 236 g/mol. The van der Waals surface area contributed by atoms with Crippen molar-refractivity contribution in [3.63, 3.8) is 0 Å². The van der Waals surface area contributed by atoms with Crippen molar-refractivity contribution in [3.8, 4) is 0 Å². The van der Waals surface area contributed by atoms with Gasteiger partial charge in [-0.15, -0.1) is 0 Å². The summed E-state index contributed by atoms with van der Waals surface area (Å²) in [4.78, 5) is 11.4. The van der Waals surface area contributed by atoms with Gasteiger partial charge in [0.2, 0.25) is 5.91 Å². The van der Waals surface area contributed by atoms with Crippen molar-refractivity contribution in [1.82, 2.24) is 10.6 Å². The Morgan fingerprint density at radius 1 is 1.53 bits per heavy atom. The van der Waals surface area contributed by atoms with E-state index in [1.54, 1.807) is 11.8 Å². The summed E-state index contributed by atoms with van der Waals surface area (Å²) in [6.45, 7) is 3.30. The Balaban J connectivity index is 2.05. The van der Waals surface area contributed by atoms with Crippen LogP contribution in [-0.4, -0.2) is 47.8 Å². The minimum atomic E-state index is 0.149. The van der Waals surface area contributed by atoms with Crippen LogP contribution in [0.3, 0.4) is 0 Å². The topological polar surface area (TPSA) is 61.4 Å². The van der Waals surface area contributed by atoms with Gasteiger partial charge in [0.1, 0.15) is 0 Å². The van der Waals surface area contributed by atoms with Gasteiger partial charge in [0.15, 0.2) is 0 Å². The highest BCUT2D eigenvalue weighted by atomic mass is 32.2. The fourth-order valence-corrected chi connectivity index (χ4v) is 2.50. The van der Waals surface area contributed by atoms with E-state index in [0.29, 0.717) is 17.8 Å². The van der Waals surface area contributed by atoms with E-state index >= 15 is 0 Å². The van der Waals surface area contributed by atoms with Gasteiger partial charge in [0, 0.05) is 24.4 Å². The zero-order valence-corrected chi connectivity index (χ0v) is 11.4. The van der Waals surface area contributed by atoms with E-state index in [1.807, 2.05) is 0 Å². The van der Waals surface area contributed by atoms with Crippen LogP contribution in [0.5, 0.6) is 0 Å². The van der Waals surface area contributed by atoms with Gasteiger partial charge in [0.05, 0.1) is 5.75 Å². The molecule has 1 atom stereocenters. The first-order chi connectivity index (χ1) is 8.26. The maximum Gasteiger partial charge on any atom is 0.230 e. The van der Waals surface area contributed by atoms with Crippen LogP contribution in [0.15, 0.2) is 0 Å². The van der Waals surface area contributed by atoms with Crippen molar-refractivity contribution in [2.75, 3.05) is 24.7 Å². The quantitative estimate of drug-likeness (QED) is 0.542. The molecule has 0 spiro atoms. The molecule has 0 bridgehead atoms. The largest absolute Gasteiger partial charge is 0.396 e. The van der Waals surface area contributed by atoms with Crippen LogP contribution in [0.4, 0.5) is 0 Å². The molecule has 0 radical (unpaired) electrons. The summed E-state index contributed by atoms with van der Waals surface area (Å²) in [6.07, 6.45) is 4.13. The minimum absolute atomic E-state index is 0.149. The summed E-state index contributed by atoms with van der Waals surface area (Å²) in [5, 5.41) is 15.3. The summed E-state index contributed by atoms with van der Waals surface area (Å²) in [5.41, 5.74) is 0. The van der Waals surface area contributed by atoms with Crippen LogP contribution in [0, 0.1) is 0 Å². The zero-order valence-electron chi connectivity index (χ0n) is 10.6. The summed E-state index contributed by atoms with van der Waals surface area (Å²) in [6, 6.07) is 0.772. The standard InChI is InChI=1S/C12H24N2O2S/c1-2-6-13-11(5-7-15)8-17-9-12(16)14-10-3-4-10/h10-11,13,15H,2-9H2,1H3,(H,14,16). The molecule has 1 rings (SSSR count). The molecule has 0 aromatic rings. The van der Waals surface area contributed by atoms with Crippen LogP contribution in [0.25, 0.3) is 0 Å². The van der Waals surface area contributed by atoms with E-state index < -0.39 is 0 Å². The van der Waals surface area contributed by atoms with Gasteiger partial charge < -0.3 is 15.7 Å². The van der Waals surface area contributed by atoms with Gasteiger partial charge in [0.25, 0.3) is 0 Å². The molecule has 1 aliphatic carbocycles. The van der Waals surface area contributed by atoms with E-state index in [0.717, 1.165) is 38.0 Å². The molecule has 0 saturated heterocycles. The highest BCUT2D eigenvalue weighted by Gasteiger charge is 2.23. The van der Waals surface area contributed by atoms with Crippen LogP contribution in [0.1, 0.15) is 32.6 Å². The fraction of sp³-hybridized carbons (Fsp3) is 0.917. The number of hydrogen-bond donors (Lipinski definition) is 3. The maximum atomic E-state index is 11.4. The molecule has 17 heavy (non-hydrogen) atoms. The highest BCUT2D eigenvalue weighted by Crippen LogP contribution is 2.18. The van der Waals surface area contributed by atoms with E-state index in [2.05, 4.69) is 17.6 Å². The van der Waals surface area contributed by atoms with Gasteiger partial charge in [-0.1, -0.05) is 6.92 Å². The third-order valence-corrected chi connectivity index (χ3v) is 3.76. The average Bonchev–Trinajstić information content (AvgIpc) is 3.09. The number of aliphatic hydroxyl groups excluding tert-OH is 1. The van der Waals surface area contributed by atoms with Crippen LogP contribution >= 0.6 is 11.8 Å². The van der Waals surface area contributed by atoms with Crippen molar-refractivity contribution in [2.45, 2.75) is 44.7 Å². The molecule has 1 fully saturated rings. The summed E-state index contributed by atoms with van der Waals surface area (Å²) < 4.78 is 0. The Bertz CT molecular complexity index is 223. The molecular formula is C12H24N2O2S. The first-order valence-corrected chi connectivity index (χ1v) is 7.63. The third-order valence-electron chi connectivity index (χ3n) is 2.66. The van der Waals surface area contributed by atoms with E-state index in [1.165, 1.54) is 0 Å². The summed E-state index contributed by atoms with van der Waals surface area (Å²) in [5.74, 6) is 1.57. The number of nitrogens with one attached hydrogen (secondary N) is 2. The van der Waals surface area contributed by atoms with Gasteiger partial charge >= 0.3 is 0 Å². The van der Waals surface area contributed by atoms with E-state index in [4.69, 9.17) is 5.11 Å². The molecule has 0 aliphatic heterocycles. The van der Waals surface area contributed by atoms with Crippen LogP contribution in [0.2, 0.25) is 0 Å². The SMILES string of the molecule is CCCNC(CCO)CSCC(=O)NC1CC1. The first kappa shape index (κ1) is 14.8. The molecule has 3 N–H and O–H groups in total. The number of hydrogen-bond acceptors (Lipinski definition) is 4. The fourth-order valence-electron chi connectivity index (χ4n) is 1.54. The molecule has 100 valence electrons.